The van der Waals surface area contributed by atoms with E-state index in [4.69, 9.17) is 4.74 Å². The fraction of sp³-hybridized carbons (Fsp3) is 0.545. The van der Waals surface area contributed by atoms with Crippen molar-refractivity contribution in [1.82, 2.24) is 0 Å². The molecular formula is C11H18O2. The molecule has 0 aliphatic carbocycles. The fourth-order valence-corrected chi connectivity index (χ4v) is 0.732. The second kappa shape index (κ2) is 7.59. The first-order valence-corrected chi connectivity index (χ1v) is 4.69. The van der Waals surface area contributed by atoms with Gasteiger partial charge in [0, 0.05) is 5.57 Å². The molecular weight excluding hydrogens is 164 g/mol. The summed E-state index contributed by atoms with van der Waals surface area (Å²) < 4.78 is 5.00. The fourth-order valence-electron chi connectivity index (χ4n) is 0.732. The first-order valence-electron chi connectivity index (χ1n) is 4.69. The van der Waals surface area contributed by atoms with Gasteiger partial charge in [0.15, 0.2) is 0 Å². The van der Waals surface area contributed by atoms with Crippen molar-refractivity contribution in [1.29, 1.82) is 0 Å². The van der Waals surface area contributed by atoms with Crippen molar-refractivity contribution in [3.63, 3.8) is 0 Å². The van der Waals surface area contributed by atoms with Gasteiger partial charge in [0.1, 0.15) is 0 Å². The summed E-state index contributed by atoms with van der Waals surface area (Å²) in [5, 5.41) is 0. The number of esters is 1. The number of rotatable bonds is 5. The highest BCUT2D eigenvalue weighted by Gasteiger charge is 2.02. The van der Waals surface area contributed by atoms with E-state index in [1.807, 2.05) is 19.1 Å². The molecule has 0 rings (SSSR count). The molecule has 0 amide bonds. The molecule has 0 aliphatic rings. The molecule has 0 aromatic heterocycles. The molecule has 0 aromatic rings. The van der Waals surface area contributed by atoms with E-state index in [-0.39, 0.29) is 5.97 Å². The van der Waals surface area contributed by atoms with Gasteiger partial charge in [0.25, 0.3) is 0 Å². The normalized spacial score (nSPS) is 12.1. The lowest BCUT2D eigenvalue weighted by atomic mass is 10.3. The van der Waals surface area contributed by atoms with Crippen LogP contribution >= 0.6 is 0 Å². The Bertz CT molecular complexity index is 202. The molecule has 0 N–H and O–H groups in total. The lowest BCUT2D eigenvalue weighted by Gasteiger charge is -2.02. The van der Waals surface area contributed by atoms with Crippen LogP contribution in [0.3, 0.4) is 0 Å². The Morgan fingerprint density at radius 3 is 2.69 bits per heavy atom. The highest BCUT2D eigenvalue weighted by molar-refractivity contribution is 5.88. The Hall–Kier alpha value is -1.05. The van der Waals surface area contributed by atoms with Crippen LogP contribution in [0, 0.1) is 0 Å². The third kappa shape index (κ3) is 6.14. The van der Waals surface area contributed by atoms with E-state index in [1.54, 1.807) is 13.0 Å². The van der Waals surface area contributed by atoms with E-state index in [0.29, 0.717) is 12.2 Å². The van der Waals surface area contributed by atoms with Crippen LogP contribution in [-0.4, -0.2) is 12.6 Å². The van der Waals surface area contributed by atoms with Crippen molar-refractivity contribution in [3.8, 4) is 0 Å². The van der Waals surface area contributed by atoms with Crippen molar-refractivity contribution < 1.29 is 9.53 Å². The van der Waals surface area contributed by atoms with Gasteiger partial charge >= 0.3 is 5.97 Å². The highest BCUT2D eigenvalue weighted by atomic mass is 16.5. The lowest BCUT2D eigenvalue weighted by Crippen LogP contribution is -2.06. The highest BCUT2D eigenvalue weighted by Crippen LogP contribution is 1.98. The molecule has 0 unspecified atom stereocenters. The Morgan fingerprint density at radius 2 is 2.15 bits per heavy atom. The van der Waals surface area contributed by atoms with Crippen molar-refractivity contribution in [2.75, 3.05) is 6.61 Å². The van der Waals surface area contributed by atoms with Crippen LogP contribution in [0.25, 0.3) is 0 Å². The van der Waals surface area contributed by atoms with E-state index in [9.17, 15) is 4.79 Å². The summed E-state index contributed by atoms with van der Waals surface area (Å²) >= 11 is 0. The number of ether oxygens (including phenoxy) is 1. The summed E-state index contributed by atoms with van der Waals surface area (Å²) in [7, 11) is 0. The number of hydrogen-bond acceptors (Lipinski definition) is 2. The Balaban J connectivity index is 3.82. The zero-order valence-corrected chi connectivity index (χ0v) is 8.67. The SMILES string of the molecule is C/C=C/C=C(\C)C(=O)OCCCC. The molecule has 13 heavy (non-hydrogen) atoms. The van der Waals surface area contributed by atoms with E-state index >= 15 is 0 Å². The number of unbranched alkanes of at least 4 members (excludes halogenated alkanes) is 1. The van der Waals surface area contributed by atoms with Crippen LogP contribution in [-0.2, 0) is 9.53 Å². The van der Waals surface area contributed by atoms with Crippen molar-refractivity contribution >= 4 is 5.97 Å². The quantitative estimate of drug-likeness (QED) is 0.283. The van der Waals surface area contributed by atoms with Gasteiger partial charge in [-0.05, 0) is 20.3 Å². The molecule has 2 nitrogen and oxygen atoms in total. The Labute approximate surface area is 80.3 Å². The molecule has 0 radical (unpaired) electrons. The predicted molar refractivity (Wildman–Crippen MR) is 54.4 cm³/mol. The van der Waals surface area contributed by atoms with Gasteiger partial charge in [-0.25, -0.2) is 4.79 Å². The van der Waals surface area contributed by atoms with Gasteiger partial charge in [-0.15, -0.1) is 0 Å². The molecule has 74 valence electrons. The molecule has 0 fully saturated rings. The van der Waals surface area contributed by atoms with Gasteiger partial charge in [-0.1, -0.05) is 31.6 Å². The van der Waals surface area contributed by atoms with E-state index in [2.05, 4.69) is 6.92 Å². The third-order valence-corrected chi connectivity index (χ3v) is 1.59. The van der Waals surface area contributed by atoms with Gasteiger partial charge in [-0.3, -0.25) is 0 Å². The molecule has 0 spiro atoms. The van der Waals surface area contributed by atoms with Crippen molar-refractivity contribution in [2.45, 2.75) is 33.6 Å². The minimum Gasteiger partial charge on any atom is -0.462 e. The molecule has 0 aromatic carbocycles. The zero-order chi connectivity index (χ0) is 10.1. The van der Waals surface area contributed by atoms with Crippen LogP contribution in [0.2, 0.25) is 0 Å². The van der Waals surface area contributed by atoms with Gasteiger partial charge in [-0.2, -0.15) is 0 Å². The summed E-state index contributed by atoms with van der Waals surface area (Å²) in [6.07, 6.45) is 7.45. The molecule has 0 saturated carbocycles. The number of hydrogen-bond donors (Lipinski definition) is 0. The summed E-state index contributed by atoms with van der Waals surface area (Å²) in [4.78, 5) is 11.2. The number of carbonyl (C=O) groups excluding carboxylic acids is 1. The predicted octanol–water partition coefficient (Wildman–Crippen LogP) is 2.85. The minimum atomic E-state index is -0.216. The van der Waals surface area contributed by atoms with E-state index in [1.165, 1.54) is 0 Å². The van der Waals surface area contributed by atoms with Crippen molar-refractivity contribution in [2.24, 2.45) is 0 Å². The Morgan fingerprint density at radius 1 is 1.46 bits per heavy atom. The average molecular weight is 182 g/mol. The second-order valence-corrected chi connectivity index (χ2v) is 2.86. The summed E-state index contributed by atoms with van der Waals surface area (Å²) in [6.45, 7) is 6.26. The minimum absolute atomic E-state index is 0.216. The van der Waals surface area contributed by atoms with Crippen LogP contribution in [0.15, 0.2) is 23.8 Å². The van der Waals surface area contributed by atoms with Crippen LogP contribution in [0.5, 0.6) is 0 Å². The zero-order valence-electron chi connectivity index (χ0n) is 8.67. The van der Waals surface area contributed by atoms with Crippen LogP contribution < -0.4 is 0 Å². The summed E-state index contributed by atoms with van der Waals surface area (Å²) in [6, 6.07) is 0. The second-order valence-electron chi connectivity index (χ2n) is 2.86. The molecule has 0 aliphatic heterocycles. The molecule has 0 bridgehead atoms. The first kappa shape index (κ1) is 11.9. The summed E-state index contributed by atoms with van der Waals surface area (Å²) in [5.74, 6) is -0.216. The van der Waals surface area contributed by atoms with Crippen LogP contribution in [0.4, 0.5) is 0 Å². The molecule has 2 heteroatoms. The monoisotopic (exact) mass is 182 g/mol. The topological polar surface area (TPSA) is 26.3 Å². The first-order chi connectivity index (χ1) is 6.22. The van der Waals surface area contributed by atoms with E-state index < -0.39 is 0 Å². The third-order valence-electron chi connectivity index (χ3n) is 1.59. The number of carbonyl (C=O) groups is 1. The number of allylic oxidation sites excluding steroid dienone is 3. The molecule has 0 heterocycles. The standard InChI is InChI=1S/C11H18O2/c1-4-6-8-10(3)11(12)13-9-7-5-2/h4,6,8H,5,7,9H2,1-3H3/b6-4+,10-8+. The Kier molecular flexibility index (Phi) is 6.98. The lowest BCUT2D eigenvalue weighted by molar-refractivity contribution is -0.139. The molecule has 0 saturated heterocycles. The smallest absolute Gasteiger partial charge is 0.333 e. The average Bonchev–Trinajstić information content (AvgIpc) is 2.14. The van der Waals surface area contributed by atoms with Gasteiger partial charge in [0.2, 0.25) is 0 Å². The maximum Gasteiger partial charge on any atom is 0.333 e. The maximum atomic E-state index is 11.2. The largest absolute Gasteiger partial charge is 0.462 e. The van der Waals surface area contributed by atoms with Gasteiger partial charge < -0.3 is 4.74 Å². The van der Waals surface area contributed by atoms with Gasteiger partial charge in [0.05, 0.1) is 6.61 Å². The van der Waals surface area contributed by atoms with Crippen molar-refractivity contribution in [3.05, 3.63) is 23.8 Å². The maximum absolute atomic E-state index is 11.2. The molecule has 0 atom stereocenters. The summed E-state index contributed by atoms with van der Waals surface area (Å²) in [5.41, 5.74) is 0.647. The van der Waals surface area contributed by atoms with E-state index in [0.717, 1.165) is 12.8 Å². The van der Waals surface area contributed by atoms with Crippen LogP contribution in [0.1, 0.15) is 33.6 Å².